The zero-order chi connectivity index (χ0) is 11.7. The second-order valence-corrected chi connectivity index (χ2v) is 4.27. The van der Waals surface area contributed by atoms with Crippen LogP contribution >= 0.6 is 11.3 Å². The predicted octanol–water partition coefficient (Wildman–Crippen LogP) is -0.600. The van der Waals surface area contributed by atoms with Crippen LogP contribution in [0.15, 0.2) is 21.6 Å². The molecule has 0 saturated carbocycles. The standard InChI is InChI=1S/C10H10N2O3S/c1-3-15-9(14)7-4-11-10-12(5-7)8(13)6(2)16-10/h4H,2-3,5H2,1H3. The molecule has 0 bridgehead atoms. The first kappa shape index (κ1) is 10.8. The number of fused-ring (bicyclic) bond motifs is 1. The molecule has 1 aliphatic heterocycles. The van der Waals surface area contributed by atoms with Gasteiger partial charge in [0.25, 0.3) is 5.56 Å². The normalized spacial score (nSPS) is 13.7. The lowest BCUT2D eigenvalue weighted by Gasteiger charge is -2.08. The molecule has 0 radical (unpaired) electrons. The molecule has 0 aliphatic carbocycles. The third kappa shape index (κ3) is 1.71. The second-order valence-electron chi connectivity index (χ2n) is 3.20. The molecule has 6 heteroatoms. The van der Waals surface area contributed by atoms with Crippen molar-refractivity contribution in [2.75, 3.05) is 6.61 Å². The van der Waals surface area contributed by atoms with E-state index in [1.54, 1.807) is 6.92 Å². The largest absolute Gasteiger partial charge is 0.463 e. The van der Waals surface area contributed by atoms with Gasteiger partial charge in [-0.25, -0.2) is 9.79 Å². The van der Waals surface area contributed by atoms with Crippen LogP contribution in [0.5, 0.6) is 0 Å². The summed E-state index contributed by atoms with van der Waals surface area (Å²) in [4.78, 5) is 27.7. The summed E-state index contributed by atoms with van der Waals surface area (Å²) in [6.45, 7) is 5.87. The fourth-order valence-electron chi connectivity index (χ4n) is 1.37. The van der Waals surface area contributed by atoms with Crippen molar-refractivity contribution in [2.24, 2.45) is 4.99 Å². The lowest BCUT2D eigenvalue weighted by atomic mass is 10.3. The Balaban J connectivity index is 2.40. The highest BCUT2D eigenvalue weighted by Crippen LogP contribution is 2.04. The first-order valence-electron chi connectivity index (χ1n) is 4.76. The SMILES string of the molecule is C=c1sc2n(c1=O)CC(C(=O)OCC)=CN=2. The van der Waals surface area contributed by atoms with E-state index in [9.17, 15) is 9.59 Å². The van der Waals surface area contributed by atoms with Gasteiger partial charge in [-0.1, -0.05) is 17.9 Å². The molecule has 16 heavy (non-hydrogen) atoms. The van der Waals surface area contributed by atoms with Gasteiger partial charge in [0, 0.05) is 6.20 Å². The maximum absolute atomic E-state index is 11.6. The van der Waals surface area contributed by atoms with E-state index in [4.69, 9.17) is 4.74 Å². The first-order valence-corrected chi connectivity index (χ1v) is 5.57. The van der Waals surface area contributed by atoms with Gasteiger partial charge in [-0.2, -0.15) is 0 Å². The van der Waals surface area contributed by atoms with E-state index in [0.29, 0.717) is 21.5 Å². The Morgan fingerprint density at radius 3 is 3.19 bits per heavy atom. The highest BCUT2D eigenvalue weighted by molar-refractivity contribution is 7.06. The van der Waals surface area contributed by atoms with Crippen molar-refractivity contribution in [3.8, 4) is 0 Å². The van der Waals surface area contributed by atoms with Gasteiger partial charge in [-0.15, -0.1) is 0 Å². The van der Waals surface area contributed by atoms with Crippen molar-refractivity contribution in [3.63, 3.8) is 0 Å². The molecule has 0 saturated heterocycles. The predicted molar refractivity (Wildman–Crippen MR) is 59.6 cm³/mol. The molecule has 0 fully saturated rings. The maximum atomic E-state index is 11.6. The smallest absolute Gasteiger partial charge is 0.337 e. The zero-order valence-corrected chi connectivity index (χ0v) is 9.54. The lowest BCUT2D eigenvalue weighted by Crippen LogP contribution is -2.34. The number of ether oxygens (including phenoxy) is 1. The quantitative estimate of drug-likeness (QED) is 0.646. The topological polar surface area (TPSA) is 60.7 Å². The molecule has 0 unspecified atom stereocenters. The minimum Gasteiger partial charge on any atom is -0.463 e. The second kappa shape index (κ2) is 4.05. The molecule has 0 atom stereocenters. The summed E-state index contributed by atoms with van der Waals surface area (Å²) in [6.07, 6.45) is 1.45. The van der Waals surface area contributed by atoms with Crippen LogP contribution in [0.4, 0.5) is 0 Å². The van der Waals surface area contributed by atoms with Crippen molar-refractivity contribution < 1.29 is 9.53 Å². The summed E-state index contributed by atoms with van der Waals surface area (Å²) in [7, 11) is 0. The minimum absolute atomic E-state index is 0.196. The third-order valence-electron chi connectivity index (χ3n) is 2.13. The Morgan fingerprint density at radius 2 is 2.50 bits per heavy atom. The summed E-state index contributed by atoms with van der Waals surface area (Å²) < 4.78 is 6.71. The fourth-order valence-corrected chi connectivity index (χ4v) is 2.15. The number of hydrogen-bond donors (Lipinski definition) is 0. The van der Waals surface area contributed by atoms with E-state index in [2.05, 4.69) is 11.6 Å². The summed E-state index contributed by atoms with van der Waals surface area (Å²) in [5.74, 6) is -0.430. The number of thiazole rings is 1. The third-order valence-corrected chi connectivity index (χ3v) is 3.06. The van der Waals surface area contributed by atoms with Crippen LogP contribution in [0.1, 0.15) is 6.92 Å². The van der Waals surface area contributed by atoms with Crippen molar-refractivity contribution in [1.29, 1.82) is 0 Å². The van der Waals surface area contributed by atoms with Crippen molar-refractivity contribution in [2.45, 2.75) is 13.5 Å². The number of rotatable bonds is 2. The molecule has 84 valence electrons. The number of nitrogens with zero attached hydrogens (tertiary/aromatic N) is 2. The molecule has 0 spiro atoms. The van der Waals surface area contributed by atoms with Crippen molar-refractivity contribution in [1.82, 2.24) is 4.57 Å². The van der Waals surface area contributed by atoms with E-state index in [0.717, 1.165) is 0 Å². The molecule has 1 aliphatic rings. The Bertz CT molecular complexity index is 623. The van der Waals surface area contributed by atoms with Crippen molar-refractivity contribution in [3.05, 3.63) is 31.5 Å². The average molecular weight is 238 g/mol. The van der Waals surface area contributed by atoms with E-state index in [1.165, 1.54) is 22.1 Å². The van der Waals surface area contributed by atoms with E-state index in [1.807, 2.05) is 0 Å². The molecule has 1 aromatic rings. The summed E-state index contributed by atoms with van der Waals surface area (Å²) in [5.41, 5.74) is 0.188. The molecule has 2 heterocycles. The molecular weight excluding hydrogens is 228 g/mol. The monoisotopic (exact) mass is 238 g/mol. The highest BCUT2D eigenvalue weighted by atomic mass is 32.1. The molecule has 1 aromatic heterocycles. The molecular formula is C10H10N2O3S. The van der Waals surface area contributed by atoms with Crippen LogP contribution in [0.2, 0.25) is 0 Å². The number of carbonyl (C=O) groups is 1. The number of esters is 1. The van der Waals surface area contributed by atoms with Crippen LogP contribution in [0, 0.1) is 0 Å². The molecule has 0 N–H and O–H groups in total. The van der Waals surface area contributed by atoms with Gasteiger partial charge >= 0.3 is 5.97 Å². The van der Waals surface area contributed by atoms with E-state index < -0.39 is 5.97 Å². The zero-order valence-electron chi connectivity index (χ0n) is 8.73. The molecule has 2 rings (SSSR count). The highest BCUT2D eigenvalue weighted by Gasteiger charge is 2.17. The Hall–Kier alpha value is -1.69. The fraction of sp³-hybridized carbons (Fsp3) is 0.300. The van der Waals surface area contributed by atoms with Crippen LogP contribution < -0.4 is 14.9 Å². The van der Waals surface area contributed by atoms with E-state index in [-0.39, 0.29) is 12.1 Å². The number of hydrogen-bond acceptors (Lipinski definition) is 5. The maximum Gasteiger partial charge on any atom is 0.337 e. The van der Waals surface area contributed by atoms with Gasteiger partial charge in [0.1, 0.15) is 0 Å². The summed E-state index contributed by atoms with van der Waals surface area (Å²) >= 11 is 1.22. The van der Waals surface area contributed by atoms with E-state index >= 15 is 0 Å². The molecule has 0 aromatic carbocycles. The van der Waals surface area contributed by atoms with Gasteiger partial charge in [0.2, 0.25) is 0 Å². The number of carbonyl (C=O) groups excluding carboxylic acids is 1. The van der Waals surface area contributed by atoms with Crippen LogP contribution in [0.3, 0.4) is 0 Å². The van der Waals surface area contributed by atoms with Crippen LogP contribution in [-0.2, 0) is 16.1 Å². The Kier molecular flexibility index (Phi) is 2.74. The van der Waals surface area contributed by atoms with Crippen LogP contribution in [-0.4, -0.2) is 17.1 Å². The Labute approximate surface area is 95.0 Å². The average Bonchev–Trinajstić information content (AvgIpc) is 2.55. The van der Waals surface area contributed by atoms with Gasteiger partial charge < -0.3 is 4.74 Å². The first-order chi connectivity index (χ1) is 7.63. The lowest BCUT2D eigenvalue weighted by molar-refractivity contribution is -0.138. The Morgan fingerprint density at radius 1 is 1.75 bits per heavy atom. The number of aromatic nitrogens is 1. The summed E-state index contributed by atoms with van der Waals surface area (Å²) in [6, 6.07) is 0. The van der Waals surface area contributed by atoms with Crippen LogP contribution in [0.25, 0.3) is 6.58 Å². The van der Waals surface area contributed by atoms with Gasteiger partial charge in [-0.3, -0.25) is 9.36 Å². The molecule has 5 nitrogen and oxygen atoms in total. The van der Waals surface area contributed by atoms with Gasteiger partial charge in [-0.05, 0) is 6.92 Å². The van der Waals surface area contributed by atoms with Crippen molar-refractivity contribution >= 4 is 23.9 Å². The van der Waals surface area contributed by atoms with Gasteiger partial charge in [0.15, 0.2) is 4.80 Å². The summed E-state index contributed by atoms with van der Waals surface area (Å²) in [5, 5.41) is 0. The van der Waals surface area contributed by atoms with Gasteiger partial charge in [0.05, 0.1) is 23.3 Å². The minimum atomic E-state index is -0.430. The molecule has 0 amide bonds.